The SMILES string of the molecule is CC1(C)CC(C)(c2ccc(C(=O)O)c(C(=O)O)c2)c2cc3c(cc21)C(=O)OC3=O. The zero-order valence-electron chi connectivity index (χ0n) is 16.0. The van der Waals surface area contributed by atoms with Gasteiger partial charge in [0.2, 0.25) is 0 Å². The summed E-state index contributed by atoms with van der Waals surface area (Å²) in [5, 5.41) is 18.8. The number of rotatable bonds is 3. The highest BCUT2D eigenvalue weighted by molar-refractivity contribution is 6.15. The Labute approximate surface area is 165 Å². The quantitative estimate of drug-likeness (QED) is 0.605. The molecule has 2 aromatic rings. The van der Waals surface area contributed by atoms with Crippen molar-refractivity contribution in [2.45, 2.75) is 38.0 Å². The first kappa shape index (κ1) is 18.9. The van der Waals surface area contributed by atoms with Gasteiger partial charge in [0.25, 0.3) is 0 Å². The van der Waals surface area contributed by atoms with Crippen molar-refractivity contribution >= 4 is 23.9 Å². The Hall–Kier alpha value is -3.48. The van der Waals surface area contributed by atoms with Crippen LogP contribution in [-0.4, -0.2) is 34.1 Å². The van der Waals surface area contributed by atoms with Crippen LogP contribution < -0.4 is 0 Å². The lowest BCUT2D eigenvalue weighted by Crippen LogP contribution is -2.24. The second-order valence-corrected chi connectivity index (χ2v) is 8.38. The zero-order valence-corrected chi connectivity index (χ0v) is 16.0. The van der Waals surface area contributed by atoms with Gasteiger partial charge in [-0.1, -0.05) is 26.8 Å². The van der Waals surface area contributed by atoms with Crippen molar-refractivity contribution < 1.29 is 34.1 Å². The molecule has 1 aliphatic heterocycles. The van der Waals surface area contributed by atoms with Crippen LogP contribution in [0.15, 0.2) is 30.3 Å². The van der Waals surface area contributed by atoms with Gasteiger partial charge in [-0.2, -0.15) is 0 Å². The molecule has 1 aliphatic carbocycles. The van der Waals surface area contributed by atoms with E-state index in [9.17, 15) is 29.4 Å². The van der Waals surface area contributed by atoms with E-state index < -0.39 is 29.3 Å². The standard InChI is InChI=1S/C22H18O7/c1-21(2)9-22(3,10-4-5-11(17(23)24)12(6-10)18(25)26)16-8-14-13(7-15(16)21)19(27)29-20(14)28/h4-8H,9H2,1-3H3,(H,23,24)(H,25,26). The van der Waals surface area contributed by atoms with Crippen LogP contribution in [0.2, 0.25) is 0 Å². The minimum atomic E-state index is -1.33. The van der Waals surface area contributed by atoms with Gasteiger partial charge < -0.3 is 14.9 Å². The molecule has 2 aromatic carbocycles. The molecule has 0 fully saturated rings. The summed E-state index contributed by atoms with van der Waals surface area (Å²) in [6, 6.07) is 7.62. The van der Waals surface area contributed by atoms with Gasteiger partial charge in [0, 0.05) is 5.41 Å². The summed E-state index contributed by atoms with van der Waals surface area (Å²) in [5.41, 5.74) is 1.11. The molecule has 0 saturated heterocycles. The van der Waals surface area contributed by atoms with Gasteiger partial charge in [-0.25, -0.2) is 19.2 Å². The Kier molecular flexibility index (Phi) is 3.75. The lowest BCUT2D eigenvalue weighted by Gasteiger charge is -2.29. The molecule has 7 nitrogen and oxygen atoms in total. The van der Waals surface area contributed by atoms with E-state index in [1.807, 2.05) is 20.8 Å². The largest absolute Gasteiger partial charge is 0.478 e. The van der Waals surface area contributed by atoms with E-state index in [2.05, 4.69) is 0 Å². The van der Waals surface area contributed by atoms with Crippen molar-refractivity contribution in [1.29, 1.82) is 0 Å². The first-order chi connectivity index (χ1) is 13.5. The molecule has 0 spiro atoms. The molecule has 29 heavy (non-hydrogen) atoms. The molecule has 0 saturated carbocycles. The van der Waals surface area contributed by atoms with Crippen LogP contribution in [-0.2, 0) is 15.6 Å². The maximum Gasteiger partial charge on any atom is 0.346 e. The van der Waals surface area contributed by atoms with E-state index in [4.69, 9.17) is 4.74 Å². The number of fused-ring (bicyclic) bond motifs is 2. The number of hydrogen-bond donors (Lipinski definition) is 2. The smallest absolute Gasteiger partial charge is 0.346 e. The summed E-state index contributed by atoms with van der Waals surface area (Å²) < 4.78 is 4.72. The summed E-state index contributed by atoms with van der Waals surface area (Å²) in [7, 11) is 0. The average Bonchev–Trinajstić information content (AvgIpc) is 3.04. The Morgan fingerprint density at radius 2 is 1.41 bits per heavy atom. The fraction of sp³-hybridized carbons (Fsp3) is 0.273. The molecule has 1 atom stereocenters. The second-order valence-electron chi connectivity index (χ2n) is 8.38. The number of carbonyl (C=O) groups is 4. The summed E-state index contributed by atoms with van der Waals surface area (Å²) in [5.74, 6) is -4.01. The zero-order chi connectivity index (χ0) is 21.3. The second kappa shape index (κ2) is 5.76. The number of hydrogen-bond acceptors (Lipinski definition) is 5. The molecule has 7 heteroatoms. The van der Waals surface area contributed by atoms with E-state index in [1.165, 1.54) is 12.1 Å². The van der Waals surface area contributed by atoms with Crippen LogP contribution in [0.1, 0.15) is 85.3 Å². The molecule has 0 radical (unpaired) electrons. The molecule has 0 aromatic heterocycles. The van der Waals surface area contributed by atoms with Crippen molar-refractivity contribution in [2.24, 2.45) is 0 Å². The predicted octanol–water partition coefficient (Wildman–Crippen LogP) is 3.38. The Bertz CT molecular complexity index is 1140. The number of aromatic carboxylic acids is 2. The van der Waals surface area contributed by atoms with Gasteiger partial charge in [0.1, 0.15) is 0 Å². The molecule has 4 rings (SSSR count). The molecule has 1 unspecified atom stereocenters. The maximum absolute atomic E-state index is 12.1. The fourth-order valence-corrected chi connectivity index (χ4v) is 4.73. The van der Waals surface area contributed by atoms with Crippen molar-refractivity contribution in [3.8, 4) is 0 Å². The van der Waals surface area contributed by atoms with E-state index in [-0.39, 0.29) is 27.7 Å². The van der Waals surface area contributed by atoms with Gasteiger partial charge in [-0.15, -0.1) is 0 Å². The van der Waals surface area contributed by atoms with Gasteiger partial charge >= 0.3 is 23.9 Å². The van der Waals surface area contributed by atoms with Gasteiger partial charge in [-0.3, -0.25) is 0 Å². The number of benzene rings is 2. The van der Waals surface area contributed by atoms with Crippen molar-refractivity contribution in [1.82, 2.24) is 0 Å². The van der Waals surface area contributed by atoms with Crippen LogP contribution in [0.4, 0.5) is 0 Å². The molecule has 2 aliphatic rings. The Balaban J connectivity index is 1.96. The highest BCUT2D eigenvalue weighted by Gasteiger charge is 2.48. The minimum absolute atomic E-state index is 0.193. The Morgan fingerprint density at radius 3 is 1.97 bits per heavy atom. The summed E-state index contributed by atoms with van der Waals surface area (Å²) in [6.45, 7) is 5.95. The van der Waals surface area contributed by atoms with Crippen LogP contribution in [0, 0.1) is 0 Å². The third kappa shape index (κ3) is 2.57. The molecule has 0 amide bonds. The van der Waals surface area contributed by atoms with Crippen LogP contribution in [0.5, 0.6) is 0 Å². The summed E-state index contributed by atoms with van der Waals surface area (Å²) in [6.07, 6.45) is 0.590. The summed E-state index contributed by atoms with van der Waals surface area (Å²) in [4.78, 5) is 47.1. The fourth-order valence-electron chi connectivity index (χ4n) is 4.73. The molecule has 1 heterocycles. The highest BCUT2D eigenvalue weighted by Crippen LogP contribution is 2.54. The average molecular weight is 394 g/mol. The summed E-state index contributed by atoms with van der Waals surface area (Å²) >= 11 is 0. The van der Waals surface area contributed by atoms with E-state index in [0.29, 0.717) is 12.0 Å². The Morgan fingerprint density at radius 1 is 0.862 bits per heavy atom. The molecular formula is C22H18O7. The number of carbonyl (C=O) groups excluding carboxylic acids is 2. The lowest BCUT2D eigenvalue weighted by molar-refractivity contribution is 0.0442. The van der Waals surface area contributed by atoms with Crippen LogP contribution >= 0.6 is 0 Å². The molecular weight excluding hydrogens is 376 g/mol. The topological polar surface area (TPSA) is 118 Å². The first-order valence-corrected chi connectivity index (χ1v) is 9.02. The first-order valence-electron chi connectivity index (χ1n) is 9.02. The van der Waals surface area contributed by atoms with Gasteiger partial charge in [0.05, 0.1) is 22.3 Å². The number of esters is 2. The monoisotopic (exact) mass is 394 g/mol. The number of carboxylic acid groups (broad SMARTS) is 2. The van der Waals surface area contributed by atoms with Crippen LogP contribution in [0.3, 0.4) is 0 Å². The number of ether oxygens (including phenoxy) is 1. The van der Waals surface area contributed by atoms with E-state index >= 15 is 0 Å². The van der Waals surface area contributed by atoms with Crippen molar-refractivity contribution in [3.63, 3.8) is 0 Å². The van der Waals surface area contributed by atoms with Gasteiger partial charge in [-0.05, 0) is 52.8 Å². The predicted molar refractivity (Wildman–Crippen MR) is 101 cm³/mol. The highest BCUT2D eigenvalue weighted by atomic mass is 16.6. The normalized spacial score (nSPS) is 21.5. The maximum atomic E-state index is 12.1. The minimum Gasteiger partial charge on any atom is -0.478 e. The number of cyclic esters (lactones) is 2. The van der Waals surface area contributed by atoms with Crippen LogP contribution in [0.25, 0.3) is 0 Å². The van der Waals surface area contributed by atoms with E-state index in [1.54, 1.807) is 18.2 Å². The van der Waals surface area contributed by atoms with Crippen molar-refractivity contribution in [2.75, 3.05) is 0 Å². The van der Waals surface area contributed by atoms with Gasteiger partial charge in [0.15, 0.2) is 0 Å². The lowest BCUT2D eigenvalue weighted by atomic mass is 9.74. The third-order valence-corrected chi connectivity index (χ3v) is 6.02. The number of carboxylic acids is 2. The van der Waals surface area contributed by atoms with Crippen molar-refractivity contribution in [3.05, 3.63) is 69.3 Å². The van der Waals surface area contributed by atoms with E-state index in [0.717, 1.165) is 11.1 Å². The molecule has 0 bridgehead atoms. The molecule has 148 valence electrons. The molecule has 2 N–H and O–H groups in total. The third-order valence-electron chi connectivity index (χ3n) is 6.02.